The van der Waals surface area contributed by atoms with Crippen molar-refractivity contribution in [1.82, 2.24) is 0 Å². The van der Waals surface area contributed by atoms with Gasteiger partial charge in [0.05, 0.1) is 12.7 Å². The second-order valence-corrected chi connectivity index (χ2v) is 5.03. The Hall–Kier alpha value is -2.29. The Kier molecular flexibility index (Phi) is 4.08. The summed E-state index contributed by atoms with van der Waals surface area (Å²) in [5, 5.41) is 0. The van der Waals surface area contributed by atoms with Gasteiger partial charge >= 0.3 is 0 Å². The summed E-state index contributed by atoms with van der Waals surface area (Å²) in [5.41, 5.74) is 8.59. The zero-order valence-corrected chi connectivity index (χ0v) is 12.0. The zero-order chi connectivity index (χ0) is 14.7. The van der Waals surface area contributed by atoms with Gasteiger partial charge in [0, 0.05) is 11.3 Å². The maximum Gasteiger partial charge on any atom is 0.198 e. The van der Waals surface area contributed by atoms with E-state index in [1.54, 1.807) is 18.2 Å². The standard InChI is InChI=1S/C17H19NO2/c1-11(2)12-7-9-13(10-8-12)17(19)16-14(18)5-4-6-15(16)20-3/h4-11H,18H2,1-3H3. The van der Waals surface area contributed by atoms with Crippen molar-refractivity contribution in [1.29, 1.82) is 0 Å². The summed E-state index contributed by atoms with van der Waals surface area (Å²) in [6, 6.07) is 12.8. The maximum atomic E-state index is 12.6. The van der Waals surface area contributed by atoms with E-state index in [2.05, 4.69) is 13.8 Å². The van der Waals surface area contributed by atoms with E-state index in [9.17, 15) is 4.79 Å². The Morgan fingerprint density at radius 1 is 1.10 bits per heavy atom. The lowest BCUT2D eigenvalue weighted by atomic mass is 9.97. The van der Waals surface area contributed by atoms with Gasteiger partial charge in [0.15, 0.2) is 5.78 Å². The molecule has 0 bridgehead atoms. The molecule has 0 aliphatic heterocycles. The van der Waals surface area contributed by atoms with Crippen LogP contribution in [0.2, 0.25) is 0 Å². The van der Waals surface area contributed by atoms with Gasteiger partial charge in [-0.15, -0.1) is 0 Å². The van der Waals surface area contributed by atoms with Gasteiger partial charge in [-0.05, 0) is 23.6 Å². The second-order valence-electron chi connectivity index (χ2n) is 5.03. The molecule has 0 saturated carbocycles. The quantitative estimate of drug-likeness (QED) is 0.681. The molecular formula is C17H19NO2. The molecular weight excluding hydrogens is 250 g/mol. The molecule has 2 aromatic carbocycles. The molecule has 0 heterocycles. The fourth-order valence-corrected chi connectivity index (χ4v) is 2.12. The monoisotopic (exact) mass is 269 g/mol. The highest BCUT2D eigenvalue weighted by Crippen LogP contribution is 2.27. The number of hydrogen-bond donors (Lipinski definition) is 1. The average Bonchev–Trinajstić information content (AvgIpc) is 2.46. The maximum absolute atomic E-state index is 12.6. The van der Waals surface area contributed by atoms with E-state index in [1.165, 1.54) is 12.7 Å². The molecule has 2 N–H and O–H groups in total. The van der Waals surface area contributed by atoms with Gasteiger partial charge in [-0.3, -0.25) is 4.79 Å². The molecule has 0 aromatic heterocycles. The fraction of sp³-hybridized carbons (Fsp3) is 0.235. The van der Waals surface area contributed by atoms with Gasteiger partial charge < -0.3 is 10.5 Å². The lowest BCUT2D eigenvalue weighted by molar-refractivity contribution is 0.103. The Morgan fingerprint density at radius 2 is 1.75 bits per heavy atom. The van der Waals surface area contributed by atoms with E-state index in [-0.39, 0.29) is 5.78 Å². The first-order valence-corrected chi connectivity index (χ1v) is 6.61. The molecule has 0 atom stereocenters. The van der Waals surface area contributed by atoms with Crippen molar-refractivity contribution in [3.05, 3.63) is 59.2 Å². The third-order valence-corrected chi connectivity index (χ3v) is 3.34. The number of ketones is 1. The SMILES string of the molecule is COc1cccc(N)c1C(=O)c1ccc(C(C)C)cc1. The Morgan fingerprint density at radius 3 is 2.30 bits per heavy atom. The highest BCUT2D eigenvalue weighted by molar-refractivity contribution is 6.13. The van der Waals surface area contributed by atoms with Crippen molar-refractivity contribution >= 4 is 11.5 Å². The number of benzene rings is 2. The molecule has 0 spiro atoms. The molecule has 0 fully saturated rings. The third kappa shape index (κ3) is 2.67. The van der Waals surface area contributed by atoms with E-state index in [0.29, 0.717) is 28.5 Å². The molecule has 0 radical (unpaired) electrons. The first-order valence-electron chi connectivity index (χ1n) is 6.61. The van der Waals surface area contributed by atoms with E-state index < -0.39 is 0 Å². The topological polar surface area (TPSA) is 52.3 Å². The Balaban J connectivity index is 2.41. The summed E-state index contributed by atoms with van der Waals surface area (Å²) >= 11 is 0. The van der Waals surface area contributed by atoms with E-state index in [0.717, 1.165) is 0 Å². The van der Waals surface area contributed by atoms with Crippen LogP contribution in [-0.2, 0) is 0 Å². The highest BCUT2D eigenvalue weighted by atomic mass is 16.5. The van der Waals surface area contributed by atoms with Crippen molar-refractivity contribution in [3.63, 3.8) is 0 Å². The summed E-state index contributed by atoms with van der Waals surface area (Å²) in [6.45, 7) is 4.24. The lowest BCUT2D eigenvalue weighted by Crippen LogP contribution is -2.08. The Bertz CT molecular complexity index is 615. The number of anilines is 1. The van der Waals surface area contributed by atoms with E-state index in [1.807, 2.05) is 24.3 Å². The van der Waals surface area contributed by atoms with Crippen LogP contribution in [0.5, 0.6) is 5.75 Å². The van der Waals surface area contributed by atoms with E-state index in [4.69, 9.17) is 10.5 Å². The number of methoxy groups -OCH3 is 1. The van der Waals surface area contributed by atoms with Gasteiger partial charge in [-0.2, -0.15) is 0 Å². The van der Waals surface area contributed by atoms with Gasteiger partial charge in [0.25, 0.3) is 0 Å². The van der Waals surface area contributed by atoms with Crippen LogP contribution in [0.3, 0.4) is 0 Å². The molecule has 0 unspecified atom stereocenters. The minimum Gasteiger partial charge on any atom is -0.496 e. The van der Waals surface area contributed by atoms with E-state index >= 15 is 0 Å². The van der Waals surface area contributed by atoms with Crippen molar-refractivity contribution in [3.8, 4) is 5.75 Å². The fourth-order valence-electron chi connectivity index (χ4n) is 2.12. The number of carbonyl (C=O) groups is 1. The van der Waals surface area contributed by atoms with Crippen LogP contribution in [-0.4, -0.2) is 12.9 Å². The predicted molar refractivity (Wildman–Crippen MR) is 81.4 cm³/mol. The van der Waals surface area contributed by atoms with Crippen molar-refractivity contribution in [2.24, 2.45) is 0 Å². The molecule has 104 valence electrons. The van der Waals surface area contributed by atoms with Gasteiger partial charge in [-0.25, -0.2) is 0 Å². The first kappa shape index (κ1) is 14.1. The number of nitrogens with two attached hydrogens (primary N) is 1. The van der Waals surface area contributed by atoms with Crippen molar-refractivity contribution in [2.75, 3.05) is 12.8 Å². The highest BCUT2D eigenvalue weighted by Gasteiger charge is 2.17. The number of rotatable bonds is 4. The van der Waals surface area contributed by atoms with Crippen molar-refractivity contribution < 1.29 is 9.53 Å². The second kappa shape index (κ2) is 5.78. The van der Waals surface area contributed by atoms with Crippen LogP contribution < -0.4 is 10.5 Å². The molecule has 3 heteroatoms. The van der Waals surface area contributed by atoms with Crippen LogP contribution in [0.4, 0.5) is 5.69 Å². The smallest absolute Gasteiger partial charge is 0.198 e. The molecule has 0 amide bonds. The van der Waals surface area contributed by atoms with Gasteiger partial charge in [0.1, 0.15) is 5.75 Å². The number of carbonyl (C=O) groups excluding carboxylic acids is 1. The minimum atomic E-state index is -0.116. The summed E-state index contributed by atoms with van der Waals surface area (Å²) in [5.74, 6) is 0.827. The molecule has 0 aliphatic carbocycles. The summed E-state index contributed by atoms with van der Waals surface area (Å²) in [4.78, 5) is 12.6. The summed E-state index contributed by atoms with van der Waals surface area (Å²) in [6.07, 6.45) is 0. The molecule has 0 aliphatic rings. The van der Waals surface area contributed by atoms with Crippen LogP contribution in [0.15, 0.2) is 42.5 Å². The summed E-state index contributed by atoms with van der Waals surface area (Å²) in [7, 11) is 1.54. The number of ether oxygens (including phenoxy) is 1. The van der Waals surface area contributed by atoms with Crippen LogP contribution in [0, 0.1) is 0 Å². The van der Waals surface area contributed by atoms with Crippen molar-refractivity contribution in [2.45, 2.75) is 19.8 Å². The van der Waals surface area contributed by atoms with Crippen LogP contribution >= 0.6 is 0 Å². The van der Waals surface area contributed by atoms with Gasteiger partial charge in [-0.1, -0.05) is 44.2 Å². The zero-order valence-electron chi connectivity index (χ0n) is 12.0. The van der Waals surface area contributed by atoms with Crippen LogP contribution in [0.1, 0.15) is 41.3 Å². The molecule has 20 heavy (non-hydrogen) atoms. The van der Waals surface area contributed by atoms with Gasteiger partial charge in [0.2, 0.25) is 0 Å². The summed E-state index contributed by atoms with van der Waals surface area (Å²) < 4.78 is 5.23. The Labute approximate surface area is 119 Å². The minimum absolute atomic E-state index is 0.116. The number of nitrogen functional groups attached to an aromatic ring is 1. The average molecular weight is 269 g/mol. The predicted octanol–water partition coefficient (Wildman–Crippen LogP) is 3.63. The largest absolute Gasteiger partial charge is 0.496 e. The number of hydrogen-bond acceptors (Lipinski definition) is 3. The normalized spacial score (nSPS) is 10.6. The third-order valence-electron chi connectivity index (χ3n) is 3.34. The molecule has 2 aromatic rings. The first-order chi connectivity index (χ1) is 9.54. The molecule has 3 nitrogen and oxygen atoms in total. The van der Waals surface area contributed by atoms with Crippen LogP contribution in [0.25, 0.3) is 0 Å². The molecule has 0 saturated heterocycles. The lowest BCUT2D eigenvalue weighted by Gasteiger charge is -2.11. The molecule has 2 rings (SSSR count).